The molecule has 10 heavy (non-hydrogen) atoms. The van der Waals surface area contributed by atoms with Gasteiger partial charge in [0.05, 0.1) is 0 Å². The van der Waals surface area contributed by atoms with Crippen molar-refractivity contribution in [1.29, 1.82) is 0 Å². The molecule has 0 spiro atoms. The SMILES string of the molecule is C=C.NC(N)=S.[Mg+2].[O-2].[O-2].[Zn+2]. The molecule has 0 aliphatic heterocycles. The van der Waals surface area contributed by atoms with E-state index in [0.717, 1.165) is 0 Å². The Bertz CT molecular complexity index is 55.8. The van der Waals surface area contributed by atoms with Crippen LogP contribution in [-0.4, -0.2) is 28.2 Å². The van der Waals surface area contributed by atoms with E-state index in [1.165, 1.54) is 0 Å². The molecule has 0 radical (unpaired) electrons. The molecule has 0 saturated carbocycles. The molecule has 4 nitrogen and oxygen atoms in total. The number of nitrogens with two attached hydrogens (primary N) is 2. The molecule has 0 aliphatic rings. The fourth-order valence-electron chi connectivity index (χ4n) is 0. The van der Waals surface area contributed by atoms with Crippen LogP contribution >= 0.6 is 12.2 Å². The molecule has 4 N–H and O–H groups in total. The fraction of sp³-hybridized carbons (Fsp3) is 0. The predicted molar refractivity (Wildman–Crippen MR) is 39.4 cm³/mol. The maximum atomic E-state index is 4.62. The number of rotatable bonds is 0. The van der Waals surface area contributed by atoms with Crippen LogP contribution in [0.1, 0.15) is 0 Å². The van der Waals surface area contributed by atoms with Crippen LogP contribution < -0.4 is 11.5 Å². The summed E-state index contributed by atoms with van der Waals surface area (Å²) < 4.78 is 0. The Morgan fingerprint density at radius 2 is 1.10 bits per heavy atom. The monoisotopic (exact) mass is 224 g/mol. The molecular weight excluding hydrogens is 218 g/mol. The standard InChI is InChI=1S/C2H4.CH4N2S.Mg.2O.Zn/c1-2;2-1(3)4;;;;/h1-2H2;(H4,2,3,4);;;;/q;;+2;2*-2;+2. The van der Waals surface area contributed by atoms with E-state index in [2.05, 4.69) is 36.8 Å². The van der Waals surface area contributed by atoms with Crippen molar-refractivity contribution in [2.75, 3.05) is 0 Å². The van der Waals surface area contributed by atoms with E-state index >= 15 is 0 Å². The molecule has 52 valence electrons. The molecule has 0 aromatic carbocycles. The van der Waals surface area contributed by atoms with E-state index in [0.29, 0.717) is 0 Å². The Kier molecular flexibility index (Phi) is 241. The van der Waals surface area contributed by atoms with Gasteiger partial charge in [0.25, 0.3) is 0 Å². The summed E-state index contributed by atoms with van der Waals surface area (Å²) in [5.41, 5.74) is 9.24. The van der Waals surface area contributed by atoms with E-state index in [1.54, 1.807) is 0 Å². The Labute approximate surface area is 94.9 Å². The second kappa shape index (κ2) is 53.2. The van der Waals surface area contributed by atoms with Gasteiger partial charge < -0.3 is 22.4 Å². The second-order valence-corrected chi connectivity index (χ2v) is 0.874. The topological polar surface area (TPSA) is 109 Å². The van der Waals surface area contributed by atoms with Gasteiger partial charge in [-0.05, 0) is 12.2 Å². The van der Waals surface area contributed by atoms with Gasteiger partial charge in [-0.15, -0.1) is 13.2 Å². The van der Waals surface area contributed by atoms with Crippen molar-refractivity contribution in [2.45, 2.75) is 0 Å². The molecule has 0 bridgehead atoms. The van der Waals surface area contributed by atoms with Gasteiger partial charge in [-0.1, -0.05) is 0 Å². The zero-order valence-electron chi connectivity index (χ0n) is 5.71. The zero-order chi connectivity index (χ0) is 5.58. The summed E-state index contributed by atoms with van der Waals surface area (Å²) in [7, 11) is 0. The van der Waals surface area contributed by atoms with Gasteiger partial charge in [-0.2, -0.15) is 0 Å². The van der Waals surface area contributed by atoms with Crippen molar-refractivity contribution >= 4 is 40.4 Å². The van der Waals surface area contributed by atoms with E-state index in [9.17, 15) is 0 Å². The summed E-state index contributed by atoms with van der Waals surface area (Å²) in [6, 6.07) is 0. The molecule has 0 aromatic rings. The van der Waals surface area contributed by atoms with Crippen LogP contribution in [0.15, 0.2) is 13.2 Å². The van der Waals surface area contributed by atoms with Crippen molar-refractivity contribution in [1.82, 2.24) is 0 Å². The first-order valence-electron chi connectivity index (χ1n) is 1.28. The minimum Gasteiger partial charge on any atom is -2.00 e. The third-order valence-corrected chi connectivity index (χ3v) is 0. The summed E-state index contributed by atoms with van der Waals surface area (Å²) >= 11 is 4.09. The average Bonchev–Trinajstić information content (AvgIpc) is 1.41. The van der Waals surface area contributed by atoms with E-state index in [1.807, 2.05) is 0 Å². The van der Waals surface area contributed by atoms with Crippen LogP contribution in [0.25, 0.3) is 0 Å². The Balaban J connectivity index is -0.00000000625. The number of hydrogen-bond acceptors (Lipinski definition) is 1. The predicted octanol–water partition coefficient (Wildman–Crippen LogP) is -0.630. The van der Waals surface area contributed by atoms with Crippen molar-refractivity contribution in [2.24, 2.45) is 11.5 Å². The van der Waals surface area contributed by atoms with Gasteiger partial charge in [-0.25, -0.2) is 0 Å². The van der Waals surface area contributed by atoms with Crippen molar-refractivity contribution in [3.05, 3.63) is 13.2 Å². The maximum absolute atomic E-state index is 4.62. The molecule has 0 amide bonds. The van der Waals surface area contributed by atoms with Crippen LogP contribution in [0.5, 0.6) is 0 Å². The summed E-state index contributed by atoms with van der Waals surface area (Å²) in [5, 5.41) is 0.000000000000000222. The summed E-state index contributed by atoms with van der Waals surface area (Å²) in [6.07, 6.45) is 0. The molecule has 0 atom stereocenters. The van der Waals surface area contributed by atoms with E-state index in [4.69, 9.17) is 0 Å². The third kappa shape index (κ3) is 957. The average molecular weight is 226 g/mol. The van der Waals surface area contributed by atoms with E-state index < -0.39 is 0 Å². The van der Waals surface area contributed by atoms with Crippen LogP contribution in [0, 0.1) is 0 Å². The first-order valence-corrected chi connectivity index (χ1v) is 1.69. The number of hydrogen-bond donors (Lipinski definition) is 2. The molecule has 0 saturated heterocycles. The summed E-state index contributed by atoms with van der Waals surface area (Å²) in [6.45, 7) is 6.00. The van der Waals surface area contributed by atoms with Crippen LogP contribution in [0.2, 0.25) is 0 Å². The van der Waals surface area contributed by atoms with Crippen LogP contribution in [-0.2, 0) is 30.4 Å². The molecule has 0 unspecified atom stereocenters. The van der Waals surface area contributed by atoms with Crippen LogP contribution in [0.4, 0.5) is 0 Å². The Hall–Kier alpha value is 0.740. The van der Waals surface area contributed by atoms with E-state index in [-0.39, 0.29) is 58.6 Å². The molecule has 0 fully saturated rings. The Morgan fingerprint density at radius 3 is 1.10 bits per heavy atom. The molecular formula is C3H8MgN2O2SZn. The number of thiocarbonyl (C=S) groups is 1. The summed E-state index contributed by atoms with van der Waals surface area (Å²) in [5.74, 6) is 0. The zero-order valence-corrected chi connectivity index (χ0v) is 10.9. The summed E-state index contributed by atoms with van der Waals surface area (Å²) in [4.78, 5) is 0. The van der Waals surface area contributed by atoms with Gasteiger partial charge in [0, 0.05) is 0 Å². The molecule has 0 rings (SSSR count). The van der Waals surface area contributed by atoms with Gasteiger partial charge in [0.15, 0.2) is 5.11 Å². The quantitative estimate of drug-likeness (QED) is 0.326. The largest absolute Gasteiger partial charge is 2.00 e. The minimum atomic E-state index is 0. The fourth-order valence-corrected chi connectivity index (χ4v) is 0. The second-order valence-electron chi connectivity index (χ2n) is 0.402. The maximum Gasteiger partial charge on any atom is 2.00 e. The minimum absolute atomic E-state index is 0. The molecule has 0 heterocycles. The molecule has 0 aliphatic carbocycles. The third-order valence-electron chi connectivity index (χ3n) is 0. The smallest absolute Gasteiger partial charge is 2.00 e. The van der Waals surface area contributed by atoms with Crippen molar-refractivity contribution in [3.63, 3.8) is 0 Å². The normalized spacial score (nSPS) is 2.80. The van der Waals surface area contributed by atoms with Gasteiger partial charge in [0.1, 0.15) is 0 Å². The van der Waals surface area contributed by atoms with Crippen molar-refractivity contribution < 1.29 is 30.4 Å². The molecule has 0 aromatic heterocycles. The Morgan fingerprint density at radius 1 is 1.10 bits per heavy atom. The van der Waals surface area contributed by atoms with Gasteiger partial charge in [-0.3, -0.25) is 0 Å². The first kappa shape index (κ1) is 45.4. The molecule has 7 heteroatoms. The van der Waals surface area contributed by atoms with Gasteiger partial charge >= 0.3 is 42.5 Å². The van der Waals surface area contributed by atoms with Crippen molar-refractivity contribution in [3.8, 4) is 0 Å². The van der Waals surface area contributed by atoms with Gasteiger partial charge in [0.2, 0.25) is 0 Å². The van der Waals surface area contributed by atoms with Crippen LogP contribution in [0.3, 0.4) is 0 Å². The first-order chi connectivity index (χ1) is 2.73.